The molecule has 1 amide bonds. The van der Waals surface area contributed by atoms with Crippen molar-refractivity contribution in [2.24, 2.45) is 4.99 Å². The number of thiazole rings is 1. The van der Waals surface area contributed by atoms with E-state index in [-0.39, 0.29) is 23.7 Å². The van der Waals surface area contributed by atoms with E-state index in [1.807, 2.05) is 4.90 Å². The van der Waals surface area contributed by atoms with Crippen LogP contribution in [0.4, 0.5) is 11.4 Å². The fraction of sp³-hybridized carbons (Fsp3) is 0.100. The first kappa shape index (κ1) is 18.6. The predicted octanol–water partition coefficient (Wildman–Crippen LogP) is 1.47. The number of fused-ring (bicyclic) bond motifs is 2. The molecule has 0 saturated carbocycles. The Labute approximate surface area is 178 Å². The number of aromatic nitrogens is 1. The van der Waals surface area contributed by atoms with Crippen LogP contribution in [0.15, 0.2) is 52.3 Å². The van der Waals surface area contributed by atoms with Crippen LogP contribution in [0, 0.1) is 0 Å². The van der Waals surface area contributed by atoms with Gasteiger partial charge in [-0.25, -0.2) is 9.79 Å². The number of anilines is 2. The number of carbonyl (C=O) groups is 2. The highest BCUT2D eigenvalue weighted by molar-refractivity contribution is 7.07. The number of nitrogens with one attached hydrogen (secondary N) is 1. The van der Waals surface area contributed by atoms with Crippen molar-refractivity contribution >= 4 is 51.8 Å². The lowest BCUT2D eigenvalue weighted by molar-refractivity contribution is -0.110. The number of benzene rings is 2. The summed E-state index contributed by atoms with van der Waals surface area (Å²) in [6.45, 7) is 0.563. The van der Waals surface area contributed by atoms with Gasteiger partial charge in [0.15, 0.2) is 4.80 Å². The molecule has 2 aliphatic heterocycles. The summed E-state index contributed by atoms with van der Waals surface area (Å²) in [6.07, 6.45) is 0. The normalized spacial score (nSPS) is 16.6. The molecular formula is C20H13ClN4O4S. The number of nitrogens with zero attached hydrogens (tertiary/aromatic N) is 3. The SMILES string of the molecule is O=C1Nc2ccc(Cl)cc2C1=c1sc2n(c1=O)CN(c1ccc(C(=O)O)cc1)CN=2. The van der Waals surface area contributed by atoms with E-state index in [1.54, 1.807) is 30.3 Å². The molecule has 3 heterocycles. The molecule has 0 bridgehead atoms. The van der Waals surface area contributed by atoms with Gasteiger partial charge in [0.05, 0.1) is 11.1 Å². The molecule has 2 aromatic carbocycles. The highest BCUT2D eigenvalue weighted by atomic mass is 35.5. The van der Waals surface area contributed by atoms with E-state index in [0.29, 0.717) is 37.8 Å². The summed E-state index contributed by atoms with van der Waals surface area (Å²) in [6, 6.07) is 11.4. The third-order valence-electron chi connectivity index (χ3n) is 4.99. The van der Waals surface area contributed by atoms with E-state index in [2.05, 4.69) is 10.3 Å². The summed E-state index contributed by atoms with van der Waals surface area (Å²) in [5, 5.41) is 12.3. The van der Waals surface area contributed by atoms with Gasteiger partial charge in [0, 0.05) is 22.0 Å². The first-order valence-corrected chi connectivity index (χ1v) is 10.1. The van der Waals surface area contributed by atoms with Crippen LogP contribution in [0.5, 0.6) is 0 Å². The fourth-order valence-corrected chi connectivity index (χ4v) is 4.73. The van der Waals surface area contributed by atoms with Crippen molar-refractivity contribution in [2.75, 3.05) is 16.9 Å². The van der Waals surface area contributed by atoms with Gasteiger partial charge in [0.2, 0.25) is 0 Å². The molecular weight excluding hydrogens is 428 g/mol. The zero-order valence-electron chi connectivity index (χ0n) is 15.3. The number of rotatable bonds is 2. The van der Waals surface area contributed by atoms with E-state index < -0.39 is 5.97 Å². The Morgan fingerprint density at radius 1 is 1.17 bits per heavy atom. The van der Waals surface area contributed by atoms with Crippen molar-refractivity contribution in [3.63, 3.8) is 0 Å². The van der Waals surface area contributed by atoms with E-state index in [1.165, 1.54) is 28.0 Å². The summed E-state index contributed by atoms with van der Waals surface area (Å²) in [4.78, 5) is 43.6. The zero-order valence-corrected chi connectivity index (χ0v) is 16.8. The van der Waals surface area contributed by atoms with Gasteiger partial charge in [-0.2, -0.15) is 0 Å². The summed E-state index contributed by atoms with van der Waals surface area (Å²) in [5.74, 6) is -1.34. The monoisotopic (exact) mass is 440 g/mol. The van der Waals surface area contributed by atoms with Gasteiger partial charge in [-0.1, -0.05) is 22.9 Å². The predicted molar refractivity (Wildman–Crippen MR) is 113 cm³/mol. The third kappa shape index (κ3) is 2.90. The smallest absolute Gasteiger partial charge is 0.335 e. The van der Waals surface area contributed by atoms with Crippen LogP contribution >= 0.6 is 22.9 Å². The summed E-state index contributed by atoms with van der Waals surface area (Å²) < 4.78 is 1.83. The van der Waals surface area contributed by atoms with Gasteiger partial charge in [-0.3, -0.25) is 14.2 Å². The molecule has 150 valence electrons. The van der Waals surface area contributed by atoms with Gasteiger partial charge < -0.3 is 15.3 Å². The van der Waals surface area contributed by atoms with Crippen molar-refractivity contribution in [3.8, 4) is 0 Å². The number of carboxylic acids is 1. The second-order valence-electron chi connectivity index (χ2n) is 6.80. The minimum Gasteiger partial charge on any atom is -0.478 e. The van der Waals surface area contributed by atoms with E-state index in [9.17, 15) is 14.4 Å². The topological polar surface area (TPSA) is 104 Å². The molecule has 0 atom stereocenters. The lowest BCUT2D eigenvalue weighted by Gasteiger charge is -2.25. The third-order valence-corrected chi connectivity index (χ3v) is 6.34. The number of carboxylic acid groups (broad SMARTS) is 1. The molecule has 0 unspecified atom stereocenters. The maximum absolute atomic E-state index is 13.1. The van der Waals surface area contributed by atoms with Crippen LogP contribution in [0.3, 0.4) is 0 Å². The average Bonchev–Trinajstić information content (AvgIpc) is 3.23. The van der Waals surface area contributed by atoms with Crippen molar-refractivity contribution in [1.29, 1.82) is 0 Å². The molecule has 10 heteroatoms. The first-order valence-electron chi connectivity index (χ1n) is 8.90. The lowest BCUT2D eigenvalue weighted by atomic mass is 10.1. The largest absolute Gasteiger partial charge is 0.478 e. The van der Waals surface area contributed by atoms with Crippen molar-refractivity contribution in [1.82, 2.24) is 4.57 Å². The Balaban J connectivity index is 1.59. The van der Waals surface area contributed by atoms with E-state index >= 15 is 0 Å². The number of carbonyl (C=O) groups excluding carboxylic acids is 1. The molecule has 3 aromatic rings. The van der Waals surface area contributed by atoms with Gasteiger partial charge >= 0.3 is 5.97 Å². The maximum atomic E-state index is 13.1. The summed E-state index contributed by atoms with van der Waals surface area (Å²) in [5.41, 5.74) is 2.15. The molecule has 30 heavy (non-hydrogen) atoms. The fourth-order valence-electron chi connectivity index (χ4n) is 3.50. The highest BCUT2D eigenvalue weighted by Crippen LogP contribution is 2.32. The second-order valence-corrected chi connectivity index (χ2v) is 8.21. The molecule has 0 radical (unpaired) electrons. The maximum Gasteiger partial charge on any atom is 0.335 e. The summed E-state index contributed by atoms with van der Waals surface area (Å²) >= 11 is 7.26. The molecule has 0 fully saturated rings. The number of halogens is 1. The summed E-state index contributed by atoms with van der Waals surface area (Å²) in [7, 11) is 0. The van der Waals surface area contributed by atoms with Gasteiger partial charge in [0.25, 0.3) is 11.5 Å². The average molecular weight is 441 g/mol. The molecule has 5 rings (SSSR count). The number of amides is 1. The zero-order chi connectivity index (χ0) is 21.0. The standard InChI is InChI=1S/C20H13ClN4O4S/c21-11-3-6-14-13(7-11)15(17(26)23-14)16-18(27)25-9-24(8-22-20(25)30-16)12-4-1-10(2-5-12)19(28)29/h1-7H,8-9H2,(H,23,26)(H,28,29). The van der Waals surface area contributed by atoms with Gasteiger partial charge in [0.1, 0.15) is 17.9 Å². The second kappa shape index (κ2) is 6.82. The first-order chi connectivity index (χ1) is 14.4. The molecule has 0 aliphatic carbocycles. The highest BCUT2D eigenvalue weighted by Gasteiger charge is 2.28. The van der Waals surface area contributed by atoms with Crippen molar-refractivity contribution in [2.45, 2.75) is 6.67 Å². The minimum atomic E-state index is -1.00. The molecule has 0 spiro atoms. The number of hydrogen-bond donors (Lipinski definition) is 2. The van der Waals surface area contributed by atoms with Crippen molar-refractivity contribution < 1.29 is 14.7 Å². The Morgan fingerprint density at radius 3 is 2.67 bits per heavy atom. The molecule has 0 saturated heterocycles. The number of hydrogen-bond acceptors (Lipinski definition) is 6. The van der Waals surface area contributed by atoms with Crippen LogP contribution in [0.1, 0.15) is 15.9 Å². The Bertz CT molecular complexity index is 1410. The lowest BCUT2D eigenvalue weighted by Crippen LogP contribution is -2.43. The van der Waals surface area contributed by atoms with Crippen molar-refractivity contribution in [3.05, 3.63) is 78.3 Å². The number of aromatic carboxylic acids is 1. The van der Waals surface area contributed by atoms with E-state index in [0.717, 1.165) is 5.69 Å². The van der Waals surface area contributed by atoms with Gasteiger partial charge in [-0.05, 0) is 42.5 Å². The van der Waals surface area contributed by atoms with Crippen LogP contribution in [0.25, 0.3) is 5.57 Å². The molecule has 2 N–H and O–H groups in total. The Hall–Kier alpha value is -3.43. The van der Waals surface area contributed by atoms with Crippen LogP contribution in [-0.2, 0) is 11.5 Å². The minimum absolute atomic E-state index is 0.185. The Kier molecular flexibility index (Phi) is 4.23. The van der Waals surface area contributed by atoms with Crippen LogP contribution in [-0.4, -0.2) is 28.2 Å². The molecule has 1 aromatic heterocycles. The van der Waals surface area contributed by atoms with E-state index in [4.69, 9.17) is 16.7 Å². The quantitative estimate of drug-likeness (QED) is 0.628. The molecule has 2 aliphatic rings. The van der Waals surface area contributed by atoms with Crippen LogP contribution < -0.4 is 25.1 Å². The Morgan fingerprint density at radius 2 is 1.93 bits per heavy atom. The van der Waals surface area contributed by atoms with Crippen LogP contribution in [0.2, 0.25) is 5.02 Å². The molecule has 8 nitrogen and oxygen atoms in total. The van der Waals surface area contributed by atoms with Gasteiger partial charge in [-0.15, -0.1) is 0 Å².